The lowest BCUT2D eigenvalue weighted by atomic mass is 9.95. The minimum Gasteiger partial charge on any atom is -0.469 e. The molecule has 0 bridgehead atoms. The zero-order valence-corrected chi connectivity index (χ0v) is 16.7. The third-order valence-corrected chi connectivity index (χ3v) is 4.58. The first kappa shape index (κ1) is 20.8. The lowest BCUT2D eigenvalue weighted by molar-refractivity contribution is -0.139. The van der Waals surface area contributed by atoms with Crippen LogP contribution in [0.3, 0.4) is 0 Å². The summed E-state index contributed by atoms with van der Waals surface area (Å²) in [4.78, 5) is 37.0. The van der Waals surface area contributed by atoms with Crippen molar-refractivity contribution >= 4 is 23.5 Å². The van der Waals surface area contributed by atoms with Gasteiger partial charge in [-0.15, -0.1) is 0 Å². The molecule has 30 heavy (non-hydrogen) atoms. The van der Waals surface area contributed by atoms with E-state index in [1.54, 1.807) is 30.3 Å². The Labute approximate surface area is 174 Å². The van der Waals surface area contributed by atoms with Crippen LogP contribution < -0.4 is 5.32 Å². The molecular weight excluding hydrogens is 382 g/mol. The van der Waals surface area contributed by atoms with E-state index >= 15 is 0 Å². The van der Waals surface area contributed by atoms with Crippen LogP contribution >= 0.6 is 0 Å². The van der Waals surface area contributed by atoms with Gasteiger partial charge in [0.05, 0.1) is 26.2 Å². The Kier molecular flexibility index (Phi) is 6.60. The highest BCUT2D eigenvalue weighted by molar-refractivity contribution is 6.07. The molecular formula is C24H21NO5. The summed E-state index contributed by atoms with van der Waals surface area (Å²) >= 11 is 0. The summed E-state index contributed by atoms with van der Waals surface area (Å²) in [5, 5.41) is 2.88. The predicted octanol–water partition coefficient (Wildman–Crippen LogP) is 4.11. The minimum atomic E-state index is -0.608. The second kappa shape index (κ2) is 9.52. The molecule has 0 fully saturated rings. The highest BCUT2D eigenvalue weighted by Gasteiger charge is 2.20. The number of anilines is 1. The number of methoxy groups -OCH3 is 2. The Bertz CT molecular complexity index is 1060. The van der Waals surface area contributed by atoms with Crippen LogP contribution in [-0.4, -0.2) is 32.1 Å². The third kappa shape index (κ3) is 4.72. The van der Waals surface area contributed by atoms with Gasteiger partial charge < -0.3 is 14.8 Å². The first-order valence-electron chi connectivity index (χ1n) is 9.27. The summed E-state index contributed by atoms with van der Waals surface area (Å²) in [6.45, 7) is 0. The Morgan fingerprint density at radius 2 is 1.47 bits per heavy atom. The Balaban J connectivity index is 2.13. The number of ether oxygens (including phenoxy) is 2. The fourth-order valence-corrected chi connectivity index (χ4v) is 3.06. The lowest BCUT2D eigenvalue weighted by Crippen LogP contribution is -2.16. The van der Waals surface area contributed by atoms with Gasteiger partial charge in [-0.25, -0.2) is 4.79 Å². The van der Waals surface area contributed by atoms with Crippen LogP contribution in [0, 0.1) is 0 Å². The van der Waals surface area contributed by atoms with E-state index in [9.17, 15) is 14.4 Å². The van der Waals surface area contributed by atoms with Crippen LogP contribution in [-0.2, 0) is 20.7 Å². The molecule has 0 radical (unpaired) electrons. The smallest absolute Gasteiger partial charge is 0.338 e. The second-order valence-electron chi connectivity index (χ2n) is 6.49. The molecule has 0 aliphatic carbocycles. The molecule has 0 saturated carbocycles. The lowest BCUT2D eigenvalue weighted by Gasteiger charge is -2.16. The van der Waals surface area contributed by atoms with Gasteiger partial charge in [0.15, 0.2) is 0 Å². The van der Waals surface area contributed by atoms with E-state index in [0.717, 1.165) is 5.56 Å². The third-order valence-electron chi connectivity index (χ3n) is 4.58. The molecule has 3 aromatic rings. The number of nitrogens with one attached hydrogen (secondary N) is 1. The zero-order chi connectivity index (χ0) is 21.5. The van der Waals surface area contributed by atoms with Crippen molar-refractivity contribution in [1.29, 1.82) is 0 Å². The van der Waals surface area contributed by atoms with Crippen LogP contribution in [0.15, 0.2) is 72.8 Å². The number of carbonyl (C=O) groups excluding carboxylic acids is 3. The van der Waals surface area contributed by atoms with E-state index in [1.807, 2.05) is 36.4 Å². The molecule has 0 heterocycles. The maximum atomic E-state index is 12.8. The number of rotatable bonds is 6. The zero-order valence-electron chi connectivity index (χ0n) is 16.7. The van der Waals surface area contributed by atoms with Gasteiger partial charge >= 0.3 is 11.9 Å². The van der Waals surface area contributed by atoms with Crippen molar-refractivity contribution in [3.8, 4) is 11.1 Å². The van der Waals surface area contributed by atoms with Crippen molar-refractivity contribution in [3.05, 3.63) is 89.5 Å². The molecule has 0 atom stereocenters. The van der Waals surface area contributed by atoms with Crippen LogP contribution in [0.1, 0.15) is 26.3 Å². The van der Waals surface area contributed by atoms with E-state index < -0.39 is 11.9 Å². The summed E-state index contributed by atoms with van der Waals surface area (Å²) in [5.74, 6) is -1.41. The van der Waals surface area contributed by atoms with E-state index in [1.165, 1.54) is 20.3 Å². The molecule has 0 aliphatic rings. The Hall–Kier alpha value is -3.93. The number of carbonyl (C=O) groups is 3. The average Bonchev–Trinajstić information content (AvgIpc) is 2.80. The summed E-state index contributed by atoms with van der Waals surface area (Å²) < 4.78 is 9.64. The van der Waals surface area contributed by atoms with Crippen molar-refractivity contribution in [3.63, 3.8) is 0 Å². The van der Waals surface area contributed by atoms with E-state index in [-0.39, 0.29) is 17.9 Å². The fourth-order valence-electron chi connectivity index (χ4n) is 3.06. The van der Waals surface area contributed by atoms with Gasteiger partial charge in [0.1, 0.15) is 0 Å². The highest BCUT2D eigenvalue weighted by atomic mass is 16.5. The number of hydrogen-bond acceptors (Lipinski definition) is 5. The van der Waals surface area contributed by atoms with Gasteiger partial charge in [-0.2, -0.15) is 0 Å². The predicted molar refractivity (Wildman–Crippen MR) is 113 cm³/mol. The van der Waals surface area contributed by atoms with E-state index in [4.69, 9.17) is 9.47 Å². The quantitative estimate of drug-likeness (QED) is 0.627. The van der Waals surface area contributed by atoms with Gasteiger partial charge in [0.25, 0.3) is 5.91 Å². The molecule has 3 aromatic carbocycles. The Morgan fingerprint density at radius 3 is 2.07 bits per heavy atom. The number of esters is 2. The summed E-state index contributed by atoms with van der Waals surface area (Å²) in [6, 6.07) is 21.4. The van der Waals surface area contributed by atoms with Crippen molar-refractivity contribution in [2.24, 2.45) is 0 Å². The maximum Gasteiger partial charge on any atom is 0.338 e. The van der Waals surface area contributed by atoms with Gasteiger partial charge in [0.2, 0.25) is 0 Å². The molecule has 0 aliphatic heterocycles. The second-order valence-corrected chi connectivity index (χ2v) is 6.49. The molecule has 0 saturated heterocycles. The van der Waals surface area contributed by atoms with Crippen molar-refractivity contribution in [1.82, 2.24) is 0 Å². The fraction of sp³-hybridized carbons (Fsp3) is 0.125. The summed E-state index contributed by atoms with van der Waals surface area (Å²) in [6.07, 6.45) is -0.103. The molecule has 1 amide bonds. The topological polar surface area (TPSA) is 81.7 Å². The Morgan fingerprint density at radius 1 is 0.833 bits per heavy atom. The standard InChI is InChI=1S/C24H21NO5/c1-29-22(26)14-18-13-19(16-9-5-3-6-10-16)21(15-20(18)24(28)30-2)25-23(27)17-11-7-4-8-12-17/h3-13,15H,14H2,1-2H3,(H,25,27). The van der Waals surface area contributed by atoms with E-state index in [0.29, 0.717) is 22.4 Å². The summed E-state index contributed by atoms with van der Waals surface area (Å²) in [5.41, 5.74) is 3.05. The van der Waals surface area contributed by atoms with Crippen LogP contribution in [0.5, 0.6) is 0 Å². The first-order valence-corrected chi connectivity index (χ1v) is 9.27. The van der Waals surface area contributed by atoms with Crippen molar-refractivity contribution in [2.75, 3.05) is 19.5 Å². The molecule has 0 unspecified atom stereocenters. The largest absolute Gasteiger partial charge is 0.469 e. The van der Waals surface area contributed by atoms with Gasteiger partial charge in [0, 0.05) is 16.8 Å². The molecule has 152 valence electrons. The normalized spacial score (nSPS) is 10.2. The number of hydrogen-bond donors (Lipinski definition) is 1. The van der Waals surface area contributed by atoms with Crippen LogP contribution in [0.4, 0.5) is 5.69 Å². The molecule has 0 aromatic heterocycles. The van der Waals surface area contributed by atoms with Crippen LogP contribution in [0.2, 0.25) is 0 Å². The van der Waals surface area contributed by atoms with Gasteiger partial charge in [-0.1, -0.05) is 48.5 Å². The van der Waals surface area contributed by atoms with Gasteiger partial charge in [-0.05, 0) is 35.4 Å². The molecule has 3 rings (SSSR count). The highest BCUT2D eigenvalue weighted by Crippen LogP contribution is 2.32. The monoisotopic (exact) mass is 403 g/mol. The number of amides is 1. The molecule has 0 spiro atoms. The first-order chi connectivity index (χ1) is 14.5. The number of benzene rings is 3. The SMILES string of the molecule is COC(=O)Cc1cc(-c2ccccc2)c(NC(=O)c2ccccc2)cc1C(=O)OC. The summed E-state index contributed by atoms with van der Waals surface area (Å²) in [7, 11) is 2.55. The van der Waals surface area contributed by atoms with Crippen molar-refractivity contribution in [2.45, 2.75) is 6.42 Å². The molecule has 6 heteroatoms. The maximum absolute atomic E-state index is 12.8. The minimum absolute atomic E-state index is 0.103. The van der Waals surface area contributed by atoms with Crippen molar-refractivity contribution < 1.29 is 23.9 Å². The molecule has 1 N–H and O–H groups in total. The van der Waals surface area contributed by atoms with Gasteiger partial charge in [-0.3, -0.25) is 9.59 Å². The van der Waals surface area contributed by atoms with E-state index in [2.05, 4.69) is 5.32 Å². The average molecular weight is 403 g/mol. The van der Waals surface area contributed by atoms with Crippen LogP contribution in [0.25, 0.3) is 11.1 Å². The molecule has 6 nitrogen and oxygen atoms in total.